The van der Waals surface area contributed by atoms with Crippen LogP contribution in [0.5, 0.6) is 0 Å². The fraction of sp³-hybridized carbons (Fsp3) is 0.0714. The molecule has 0 bridgehead atoms. The SMILES string of the molecule is Cc1cc([N+](=O)[O-])ccc1C(=O)Nc1ccc(Sc2ccc(NC(=O)c3ccc([N+](=O)[O-])cc3C)cc2)cc1. The van der Waals surface area contributed by atoms with Gasteiger partial charge >= 0.3 is 0 Å². The lowest BCUT2D eigenvalue weighted by molar-refractivity contribution is -0.385. The Bertz CT molecular complexity index is 1470. The molecular weight excluding hydrogens is 520 g/mol. The fourth-order valence-corrected chi connectivity index (χ4v) is 4.59. The van der Waals surface area contributed by atoms with Crippen molar-refractivity contribution in [2.24, 2.45) is 0 Å². The van der Waals surface area contributed by atoms with Crippen LogP contribution < -0.4 is 10.6 Å². The monoisotopic (exact) mass is 542 g/mol. The standard InChI is InChI=1S/C28H22N4O6S/c1-17-15-21(31(35)36)7-13-25(17)27(33)29-19-3-9-23(10-4-19)39-24-11-5-20(6-12-24)30-28(34)26-14-8-22(32(37)38)16-18(26)2/h3-16H,1-2H3,(H,29,33)(H,30,34). The van der Waals surface area contributed by atoms with Gasteiger partial charge in [-0.2, -0.15) is 0 Å². The van der Waals surface area contributed by atoms with Crippen LogP contribution in [0.1, 0.15) is 31.8 Å². The van der Waals surface area contributed by atoms with Gasteiger partial charge in [0.15, 0.2) is 0 Å². The zero-order chi connectivity index (χ0) is 28.1. The molecule has 4 aromatic carbocycles. The average molecular weight is 543 g/mol. The minimum Gasteiger partial charge on any atom is -0.322 e. The molecule has 10 nitrogen and oxygen atoms in total. The molecule has 0 aromatic heterocycles. The number of aryl methyl sites for hydroxylation is 2. The molecule has 196 valence electrons. The summed E-state index contributed by atoms with van der Waals surface area (Å²) in [6.45, 7) is 3.30. The molecule has 4 aromatic rings. The topological polar surface area (TPSA) is 144 Å². The second kappa shape index (κ2) is 11.6. The predicted octanol–water partition coefficient (Wildman–Crippen LogP) is 6.78. The van der Waals surface area contributed by atoms with Crippen molar-refractivity contribution in [3.63, 3.8) is 0 Å². The van der Waals surface area contributed by atoms with Gasteiger partial charge in [0, 0.05) is 56.6 Å². The van der Waals surface area contributed by atoms with Crippen LogP contribution >= 0.6 is 11.8 Å². The van der Waals surface area contributed by atoms with Gasteiger partial charge < -0.3 is 10.6 Å². The van der Waals surface area contributed by atoms with Crippen molar-refractivity contribution in [2.75, 3.05) is 10.6 Å². The first-order valence-electron chi connectivity index (χ1n) is 11.6. The van der Waals surface area contributed by atoms with E-state index in [0.717, 1.165) is 9.79 Å². The summed E-state index contributed by atoms with van der Waals surface area (Å²) in [6, 6.07) is 22.7. The van der Waals surface area contributed by atoms with Crippen molar-refractivity contribution >= 4 is 46.3 Å². The third-order valence-electron chi connectivity index (χ3n) is 5.79. The van der Waals surface area contributed by atoms with Crippen LogP contribution in [0.25, 0.3) is 0 Å². The van der Waals surface area contributed by atoms with Gasteiger partial charge in [-0.3, -0.25) is 29.8 Å². The summed E-state index contributed by atoms with van der Waals surface area (Å²) >= 11 is 1.50. The van der Waals surface area contributed by atoms with Crippen LogP contribution in [0.2, 0.25) is 0 Å². The third-order valence-corrected chi connectivity index (χ3v) is 6.81. The molecule has 0 radical (unpaired) electrons. The van der Waals surface area contributed by atoms with Crippen LogP contribution in [0.3, 0.4) is 0 Å². The van der Waals surface area contributed by atoms with E-state index in [1.165, 1.54) is 48.2 Å². The van der Waals surface area contributed by atoms with Crippen LogP contribution in [-0.4, -0.2) is 21.7 Å². The normalized spacial score (nSPS) is 10.5. The Kier molecular flexibility index (Phi) is 8.01. The molecule has 0 spiro atoms. The summed E-state index contributed by atoms with van der Waals surface area (Å²) in [6.07, 6.45) is 0. The maximum absolute atomic E-state index is 12.6. The number of nitrogens with one attached hydrogen (secondary N) is 2. The molecule has 0 aliphatic carbocycles. The molecule has 0 aliphatic heterocycles. The molecule has 0 saturated carbocycles. The molecule has 0 fully saturated rings. The highest BCUT2D eigenvalue weighted by atomic mass is 32.2. The smallest absolute Gasteiger partial charge is 0.269 e. The first kappa shape index (κ1) is 27.0. The number of non-ortho nitro benzene ring substituents is 2. The predicted molar refractivity (Wildman–Crippen MR) is 149 cm³/mol. The van der Waals surface area contributed by atoms with Crippen molar-refractivity contribution in [1.82, 2.24) is 0 Å². The van der Waals surface area contributed by atoms with E-state index >= 15 is 0 Å². The Morgan fingerprint density at radius 3 is 1.28 bits per heavy atom. The van der Waals surface area contributed by atoms with Crippen molar-refractivity contribution < 1.29 is 19.4 Å². The first-order chi connectivity index (χ1) is 18.6. The second-order valence-electron chi connectivity index (χ2n) is 8.57. The number of hydrogen-bond donors (Lipinski definition) is 2. The van der Waals surface area contributed by atoms with Gasteiger partial charge in [-0.1, -0.05) is 11.8 Å². The summed E-state index contributed by atoms with van der Waals surface area (Å²) < 4.78 is 0. The number of nitro benzene ring substituents is 2. The van der Waals surface area contributed by atoms with Crippen molar-refractivity contribution in [3.05, 3.63) is 127 Å². The Morgan fingerprint density at radius 1 is 0.615 bits per heavy atom. The number of hydrogen-bond acceptors (Lipinski definition) is 7. The molecule has 0 saturated heterocycles. The lowest BCUT2D eigenvalue weighted by atomic mass is 10.1. The zero-order valence-corrected chi connectivity index (χ0v) is 21.7. The number of amides is 2. The van der Waals surface area contributed by atoms with Gasteiger partial charge in [-0.05, 0) is 85.6 Å². The number of carbonyl (C=O) groups is 2. The highest BCUT2D eigenvalue weighted by molar-refractivity contribution is 7.99. The van der Waals surface area contributed by atoms with Gasteiger partial charge in [0.05, 0.1) is 9.85 Å². The van der Waals surface area contributed by atoms with Crippen molar-refractivity contribution in [2.45, 2.75) is 23.6 Å². The number of benzene rings is 4. The summed E-state index contributed by atoms with van der Waals surface area (Å²) in [7, 11) is 0. The van der Waals surface area contributed by atoms with Crippen LogP contribution in [0.4, 0.5) is 22.7 Å². The van der Waals surface area contributed by atoms with Gasteiger partial charge in [0.2, 0.25) is 0 Å². The molecule has 4 rings (SSSR count). The summed E-state index contributed by atoms with van der Waals surface area (Å²) in [5.41, 5.74) is 2.77. The zero-order valence-electron chi connectivity index (χ0n) is 20.8. The van der Waals surface area contributed by atoms with Crippen molar-refractivity contribution in [3.8, 4) is 0 Å². The molecule has 0 heterocycles. The number of nitro groups is 2. The van der Waals surface area contributed by atoms with Gasteiger partial charge in [0.1, 0.15) is 0 Å². The molecule has 39 heavy (non-hydrogen) atoms. The molecule has 2 N–H and O–H groups in total. The van der Waals surface area contributed by atoms with Gasteiger partial charge in [0.25, 0.3) is 23.2 Å². The Morgan fingerprint density at radius 2 is 0.974 bits per heavy atom. The fourth-order valence-electron chi connectivity index (χ4n) is 3.78. The Labute approximate surface area is 227 Å². The third kappa shape index (κ3) is 6.65. The largest absolute Gasteiger partial charge is 0.322 e. The van der Waals surface area contributed by atoms with E-state index in [-0.39, 0.29) is 23.2 Å². The molecule has 11 heteroatoms. The molecular formula is C28H22N4O6S. The van der Waals surface area contributed by atoms with E-state index in [2.05, 4.69) is 10.6 Å². The quantitative estimate of drug-likeness (QED) is 0.184. The number of carbonyl (C=O) groups excluding carboxylic acids is 2. The number of rotatable bonds is 8. The van der Waals surface area contributed by atoms with Crippen LogP contribution in [0.15, 0.2) is 94.7 Å². The number of nitrogens with zero attached hydrogens (tertiary/aromatic N) is 2. The summed E-state index contributed by atoms with van der Waals surface area (Å²) in [5.74, 6) is -0.714. The maximum atomic E-state index is 12.6. The van der Waals surface area contributed by atoms with E-state index in [0.29, 0.717) is 33.6 Å². The number of anilines is 2. The highest BCUT2D eigenvalue weighted by Gasteiger charge is 2.15. The summed E-state index contributed by atoms with van der Waals surface area (Å²) in [4.78, 5) is 47.9. The lowest BCUT2D eigenvalue weighted by Gasteiger charge is -2.10. The highest BCUT2D eigenvalue weighted by Crippen LogP contribution is 2.30. The van der Waals surface area contributed by atoms with E-state index in [1.54, 1.807) is 38.1 Å². The van der Waals surface area contributed by atoms with E-state index in [4.69, 9.17) is 0 Å². The first-order valence-corrected chi connectivity index (χ1v) is 12.4. The average Bonchev–Trinajstić information content (AvgIpc) is 2.90. The minimum absolute atomic E-state index is 0.0690. The van der Waals surface area contributed by atoms with Crippen LogP contribution in [0, 0.1) is 34.1 Å². The van der Waals surface area contributed by atoms with Crippen molar-refractivity contribution in [1.29, 1.82) is 0 Å². The minimum atomic E-state index is -0.503. The lowest BCUT2D eigenvalue weighted by Crippen LogP contribution is -2.13. The maximum Gasteiger partial charge on any atom is 0.269 e. The molecule has 0 atom stereocenters. The van der Waals surface area contributed by atoms with Gasteiger partial charge in [-0.15, -0.1) is 0 Å². The van der Waals surface area contributed by atoms with Crippen LogP contribution in [-0.2, 0) is 0 Å². The summed E-state index contributed by atoms with van der Waals surface area (Å²) in [5, 5.41) is 27.4. The Balaban J connectivity index is 1.35. The molecule has 0 unspecified atom stereocenters. The second-order valence-corrected chi connectivity index (χ2v) is 9.72. The molecule has 2 amide bonds. The molecule has 0 aliphatic rings. The Hall–Kier alpha value is -5.03. The van der Waals surface area contributed by atoms with E-state index < -0.39 is 9.85 Å². The van der Waals surface area contributed by atoms with E-state index in [9.17, 15) is 29.8 Å². The van der Waals surface area contributed by atoms with Gasteiger partial charge in [-0.25, -0.2) is 0 Å². The van der Waals surface area contributed by atoms with E-state index in [1.807, 2.05) is 24.3 Å².